The summed E-state index contributed by atoms with van der Waals surface area (Å²) < 4.78 is 44.0. The molecule has 1 fully saturated rings. The van der Waals surface area contributed by atoms with Crippen LogP contribution < -0.4 is 5.32 Å². The number of nitrogens with one attached hydrogen (secondary N) is 1. The first-order chi connectivity index (χ1) is 13.4. The molecule has 1 unspecified atom stereocenters. The Morgan fingerprint density at radius 2 is 1.89 bits per heavy atom. The van der Waals surface area contributed by atoms with Gasteiger partial charge < -0.3 is 14.7 Å². The van der Waals surface area contributed by atoms with E-state index in [9.17, 15) is 13.2 Å². The van der Waals surface area contributed by atoms with Crippen LogP contribution in [-0.2, 0) is 6.54 Å². The van der Waals surface area contributed by atoms with Gasteiger partial charge in [0.25, 0.3) is 0 Å². The molecule has 2 heterocycles. The standard InChI is InChI=1S/C19H24F3N5O/c1-14(19(20,21)22)26-8-10-27(11-9-26)18(23-2)24-13-16-12-17(25-28-16)15-6-4-3-5-7-15/h3-7,12,14H,8-11,13H2,1-2H3,(H,23,24). The number of nitrogens with zero attached hydrogens (tertiary/aromatic N) is 4. The fourth-order valence-corrected chi connectivity index (χ4v) is 3.17. The molecule has 0 bridgehead atoms. The zero-order valence-corrected chi connectivity index (χ0v) is 15.9. The van der Waals surface area contributed by atoms with Gasteiger partial charge in [0.05, 0.1) is 6.54 Å². The Morgan fingerprint density at radius 1 is 1.21 bits per heavy atom. The van der Waals surface area contributed by atoms with E-state index in [0.29, 0.717) is 44.4 Å². The maximum Gasteiger partial charge on any atom is 0.403 e. The van der Waals surface area contributed by atoms with E-state index in [1.165, 1.54) is 11.8 Å². The van der Waals surface area contributed by atoms with Crippen molar-refractivity contribution < 1.29 is 17.7 Å². The molecule has 0 aliphatic carbocycles. The molecule has 28 heavy (non-hydrogen) atoms. The van der Waals surface area contributed by atoms with Crippen molar-refractivity contribution >= 4 is 5.96 Å². The van der Waals surface area contributed by atoms with Gasteiger partial charge in [0, 0.05) is 44.9 Å². The molecule has 3 rings (SSSR count). The molecule has 1 N–H and O–H groups in total. The molecule has 1 saturated heterocycles. The minimum absolute atomic E-state index is 0.335. The lowest BCUT2D eigenvalue weighted by Crippen LogP contribution is -2.56. The Bertz CT molecular complexity index is 782. The molecule has 2 aromatic rings. The first-order valence-electron chi connectivity index (χ1n) is 9.16. The first-order valence-corrected chi connectivity index (χ1v) is 9.16. The average molecular weight is 395 g/mol. The number of rotatable bonds is 4. The fourth-order valence-electron chi connectivity index (χ4n) is 3.17. The van der Waals surface area contributed by atoms with Gasteiger partial charge in [0.15, 0.2) is 11.7 Å². The van der Waals surface area contributed by atoms with E-state index in [1.54, 1.807) is 7.05 Å². The Labute approximate surface area is 162 Å². The van der Waals surface area contributed by atoms with Gasteiger partial charge in [-0.3, -0.25) is 9.89 Å². The molecule has 9 heteroatoms. The summed E-state index contributed by atoms with van der Waals surface area (Å²) in [6.07, 6.45) is -4.20. The summed E-state index contributed by atoms with van der Waals surface area (Å²) in [4.78, 5) is 7.64. The maximum atomic E-state index is 12.9. The van der Waals surface area contributed by atoms with Crippen LogP contribution in [0.3, 0.4) is 0 Å². The van der Waals surface area contributed by atoms with Gasteiger partial charge in [0.2, 0.25) is 0 Å². The van der Waals surface area contributed by atoms with Gasteiger partial charge in [-0.1, -0.05) is 35.5 Å². The largest absolute Gasteiger partial charge is 0.403 e. The normalized spacial score (nSPS) is 17.6. The number of aromatic nitrogens is 1. The van der Waals surface area contributed by atoms with Gasteiger partial charge in [0.1, 0.15) is 11.7 Å². The van der Waals surface area contributed by atoms with Crippen LogP contribution in [0.1, 0.15) is 12.7 Å². The van der Waals surface area contributed by atoms with Gasteiger partial charge in [-0.25, -0.2) is 0 Å². The number of piperazine rings is 1. The van der Waals surface area contributed by atoms with E-state index in [2.05, 4.69) is 15.5 Å². The van der Waals surface area contributed by atoms with Crippen LogP contribution in [0.2, 0.25) is 0 Å². The summed E-state index contributed by atoms with van der Waals surface area (Å²) in [5.74, 6) is 1.29. The molecule has 6 nitrogen and oxygen atoms in total. The number of hydrogen-bond acceptors (Lipinski definition) is 4. The summed E-state index contributed by atoms with van der Waals surface area (Å²) in [5, 5.41) is 7.27. The Kier molecular flexibility index (Phi) is 6.23. The summed E-state index contributed by atoms with van der Waals surface area (Å²) in [6.45, 7) is 3.23. The number of aliphatic imine (C=N–C) groups is 1. The van der Waals surface area contributed by atoms with Crippen LogP contribution >= 0.6 is 0 Å². The summed E-state index contributed by atoms with van der Waals surface area (Å²) in [5.41, 5.74) is 1.72. The van der Waals surface area contributed by atoms with Gasteiger partial charge in [-0.15, -0.1) is 0 Å². The zero-order valence-electron chi connectivity index (χ0n) is 15.9. The van der Waals surface area contributed by atoms with E-state index in [1.807, 2.05) is 41.3 Å². The molecule has 1 aromatic carbocycles. The third kappa shape index (κ3) is 4.83. The predicted octanol–water partition coefficient (Wildman–Crippen LogP) is 2.99. The highest BCUT2D eigenvalue weighted by Crippen LogP contribution is 2.25. The molecule has 0 saturated carbocycles. The van der Waals surface area contributed by atoms with Crippen LogP contribution in [0.4, 0.5) is 13.2 Å². The van der Waals surface area contributed by atoms with Crippen LogP contribution in [0.25, 0.3) is 11.3 Å². The summed E-state index contributed by atoms with van der Waals surface area (Å²) >= 11 is 0. The van der Waals surface area contributed by atoms with Crippen LogP contribution in [0.5, 0.6) is 0 Å². The molecule has 1 aliphatic heterocycles. The minimum atomic E-state index is -4.20. The lowest BCUT2D eigenvalue weighted by molar-refractivity contribution is -0.181. The van der Waals surface area contributed by atoms with Crippen molar-refractivity contribution in [1.82, 2.24) is 20.3 Å². The van der Waals surface area contributed by atoms with Gasteiger partial charge in [-0.05, 0) is 6.92 Å². The molecule has 152 valence electrons. The summed E-state index contributed by atoms with van der Waals surface area (Å²) in [7, 11) is 1.66. The first kappa shape index (κ1) is 20.2. The molecule has 1 atom stereocenters. The Balaban J connectivity index is 1.53. The second kappa shape index (κ2) is 8.64. The van der Waals surface area contributed by atoms with Crippen molar-refractivity contribution in [2.45, 2.75) is 25.7 Å². The monoisotopic (exact) mass is 395 g/mol. The molecular formula is C19H24F3N5O. The van der Waals surface area contributed by atoms with Crippen molar-refractivity contribution in [2.24, 2.45) is 4.99 Å². The fraction of sp³-hybridized carbons (Fsp3) is 0.474. The van der Waals surface area contributed by atoms with Crippen LogP contribution in [0, 0.1) is 0 Å². The highest BCUT2D eigenvalue weighted by atomic mass is 19.4. The van der Waals surface area contributed by atoms with E-state index in [-0.39, 0.29) is 0 Å². The molecule has 0 radical (unpaired) electrons. The van der Waals surface area contributed by atoms with Crippen LogP contribution in [-0.4, -0.2) is 66.4 Å². The lowest BCUT2D eigenvalue weighted by atomic mass is 10.1. The second-order valence-corrected chi connectivity index (χ2v) is 6.69. The molecule has 0 spiro atoms. The van der Waals surface area contributed by atoms with E-state index < -0.39 is 12.2 Å². The quantitative estimate of drug-likeness (QED) is 0.637. The molecule has 0 amide bonds. The van der Waals surface area contributed by atoms with Crippen molar-refractivity contribution in [1.29, 1.82) is 0 Å². The number of alkyl halides is 3. The van der Waals surface area contributed by atoms with Crippen molar-refractivity contribution in [2.75, 3.05) is 33.2 Å². The maximum absolute atomic E-state index is 12.9. The Morgan fingerprint density at radius 3 is 2.50 bits per heavy atom. The third-order valence-electron chi connectivity index (χ3n) is 4.90. The molecule has 1 aliphatic rings. The highest BCUT2D eigenvalue weighted by Gasteiger charge is 2.41. The van der Waals surface area contributed by atoms with E-state index in [0.717, 1.165) is 11.3 Å². The average Bonchev–Trinajstić information content (AvgIpc) is 3.17. The predicted molar refractivity (Wildman–Crippen MR) is 101 cm³/mol. The van der Waals surface area contributed by atoms with Crippen LogP contribution in [0.15, 0.2) is 45.9 Å². The van der Waals surface area contributed by atoms with Gasteiger partial charge in [-0.2, -0.15) is 13.2 Å². The number of guanidine groups is 1. The zero-order chi connectivity index (χ0) is 20.1. The van der Waals surface area contributed by atoms with E-state index >= 15 is 0 Å². The topological polar surface area (TPSA) is 56.9 Å². The molecule has 1 aromatic heterocycles. The van der Waals surface area contributed by atoms with E-state index in [4.69, 9.17) is 4.52 Å². The van der Waals surface area contributed by atoms with Crippen molar-refractivity contribution in [3.05, 3.63) is 42.2 Å². The smallest absolute Gasteiger partial charge is 0.359 e. The molecular weight excluding hydrogens is 371 g/mol. The highest BCUT2D eigenvalue weighted by molar-refractivity contribution is 5.80. The third-order valence-corrected chi connectivity index (χ3v) is 4.90. The Hall–Kier alpha value is -2.55. The lowest BCUT2D eigenvalue weighted by Gasteiger charge is -2.39. The van der Waals surface area contributed by atoms with Crippen molar-refractivity contribution in [3.63, 3.8) is 0 Å². The number of benzene rings is 1. The number of halogens is 3. The second-order valence-electron chi connectivity index (χ2n) is 6.69. The SMILES string of the molecule is CN=C(NCc1cc(-c2ccccc2)no1)N1CCN(C(C)C(F)(F)F)CC1. The van der Waals surface area contributed by atoms with Gasteiger partial charge >= 0.3 is 6.18 Å². The number of hydrogen-bond donors (Lipinski definition) is 1. The summed E-state index contributed by atoms with van der Waals surface area (Å²) in [6, 6.07) is 10.1. The van der Waals surface area contributed by atoms with Crippen molar-refractivity contribution in [3.8, 4) is 11.3 Å². The minimum Gasteiger partial charge on any atom is -0.359 e.